The van der Waals surface area contributed by atoms with E-state index in [9.17, 15) is 4.79 Å². The molecule has 0 aromatic rings. The predicted molar refractivity (Wildman–Crippen MR) is 69.3 cm³/mol. The van der Waals surface area contributed by atoms with Crippen LogP contribution in [-0.4, -0.2) is 30.9 Å². The molecule has 0 rings (SSSR count). The van der Waals surface area contributed by atoms with Crippen LogP contribution < -0.4 is 5.73 Å². The lowest BCUT2D eigenvalue weighted by Gasteiger charge is -2.15. The summed E-state index contributed by atoms with van der Waals surface area (Å²) in [6.45, 7) is 3.46. The largest absolute Gasteiger partial charge is 0.344 e. The summed E-state index contributed by atoms with van der Waals surface area (Å²) in [7, 11) is 1.83. The Morgan fingerprint density at radius 1 is 1.06 bits per heavy atom. The summed E-state index contributed by atoms with van der Waals surface area (Å²) in [6.07, 6.45) is 9.47. The van der Waals surface area contributed by atoms with Crippen molar-refractivity contribution in [2.45, 2.75) is 58.3 Å². The van der Waals surface area contributed by atoms with Gasteiger partial charge in [-0.3, -0.25) is 4.79 Å². The second kappa shape index (κ2) is 10.9. The average molecular weight is 228 g/mol. The minimum Gasteiger partial charge on any atom is -0.344 e. The van der Waals surface area contributed by atoms with Gasteiger partial charge in [-0.1, -0.05) is 45.4 Å². The fourth-order valence-electron chi connectivity index (χ4n) is 1.74. The van der Waals surface area contributed by atoms with Gasteiger partial charge in [0.1, 0.15) is 0 Å². The summed E-state index contributed by atoms with van der Waals surface area (Å²) in [5.41, 5.74) is 5.40. The maximum atomic E-state index is 11.5. The van der Waals surface area contributed by atoms with Crippen LogP contribution in [0, 0.1) is 0 Å². The number of hydrogen-bond donors (Lipinski definition) is 1. The van der Waals surface area contributed by atoms with Gasteiger partial charge in [-0.15, -0.1) is 0 Å². The molecule has 0 radical (unpaired) electrons. The van der Waals surface area contributed by atoms with Crippen molar-refractivity contribution in [1.29, 1.82) is 0 Å². The average Bonchev–Trinajstić information content (AvgIpc) is 2.28. The molecule has 3 heteroatoms. The zero-order valence-electron chi connectivity index (χ0n) is 11.0. The van der Waals surface area contributed by atoms with E-state index < -0.39 is 0 Å². The molecule has 0 bridgehead atoms. The van der Waals surface area contributed by atoms with Crippen LogP contribution in [-0.2, 0) is 4.79 Å². The third kappa shape index (κ3) is 8.72. The van der Waals surface area contributed by atoms with Gasteiger partial charge in [0.15, 0.2) is 0 Å². The summed E-state index contributed by atoms with van der Waals surface area (Å²) < 4.78 is 0. The molecule has 3 nitrogen and oxygen atoms in total. The monoisotopic (exact) mass is 228 g/mol. The summed E-state index contributed by atoms with van der Waals surface area (Å²) in [6, 6.07) is 0. The lowest BCUT2D eigenvalue weighted by molar-refractivity contribution is -0.129. The van der Waals surface area contributed by atoms with Crippen molar-refractivity contribution in [3.63, 3.8) is 0 Å². The molecule has 0 saturated heterocycles. The first kappa shape index (κ1) is 15.4. The van der Waals surface area contributed by atoms with Crippen LogP contribution in [0.25, 0.3) is 0 Å². The van der Waals surface area contributed by atoms with Crippen molar-refractivity contribution in [3.8, 4) is 0 Å². The van der Waals surface area contributed by atoms with Crippen LogP contribution in [0.4, 0.5) is 0 Å². The lowest BCUT2D eigenvalue weighted by atomic mass is 10.1. The van der Waals surface area contributed by atoms with Gasteiger partial charge in [-0.05, 0) is 6.42 Å². The van der Waals surface area contributed by atoms with Crippen LogP contribution >= 0.6 is 0 Å². The second-order valence-corrected chi connectivity index (χ2v) is 4.48. The number of rotatable bonds is 10. The molecule has 96 valence electrons. The number of amides is 1. The molecule has 1 amide bonds. The number of carbonyl (C=O) groups excluding carboxylic acids is 1. The first-order chi connectivity index (χ1) is 7.72. The van der Waals surface area contributed by atoms with Crippen molar-refractivity contribution in [3.05, 3.63) is 0 Å². The van der Waals surface area contributed by atoms with Gasteiger partial charge in [0, 0.05) is 26.6 Å². The first-order valence-corrected chi connectivity index (χ1v) is 6.66. The number of nitrogens with zero attached hydrogens (tertiary/aromatic N) is 1. The predicted octanol–water partition coefficient (Wildman–Crippen LogP) is 2.54. The summed E-state index contributed by atoms with van der Waals surface area (Å²) in [5, 5.41) is 0. The molecule has 0 unspecified atom stereocenters. The Morgan fingerprint density at radius 2 is 1.62 bits per heavy atom. The van der Waals surface area contributed by atoms with Gasteiger partial charge < -0.3 is 10.6 Å². The quantitative estimate of drug-likeness (QED) is 0.584. The Morgan fingerprint density at radius 3 is 2.19 bits per heavy atom. The van der Waals surface area contributed by atoms with Gasteiger partial charge in [-0.25, -0.2) is 0 Å². The highest BCUT2D eigenvalue weighted by Crippen LogP contribution is 2.08. The normalized spacial score (nSPS) is 10.4. The molecule has 0 aliphatic rings. The van der Waals surface area contributed by atoms with Gasteiger partial charge in [0.05, 0.1) is 0 Å². The molecule has 0 heterocycles. The molecule has 0 saturated carbocycles. The Balaban J connectivity index is 3.27. The molecule has 0 aliphatic heterocycles. The maximum Gasteiger partial charge on any atom is 0.222 e. The molecule has 0 aliphatic carbocycles. The van der Waals surface area contributed by atoms with Crippen LogP contribution in [0.2, 0.25) is 0 Å². The summed E-state index contributed by atoms with van der Waals surface area (Å²) >= 11 is 0. The van der Waals surface area contributed by atoms with E-state index in [1.807, 2.05) is 7.05 Å². The fraction of sp³-hybridized carbons (Fsp3) is 0.923. The lowest BCUT2D eigenvalue weighted by Crippen LogP contribution is -2.31. The standard InChI is InChI=1S/C13H28N2O/c1-3-4-5-6-7-8-9-10-13(16)15(2)12-11-14/h3-12,14H2,1-2H3. The molecule has 2 N–H and O–H groups in total. The molecule has 0 aromatic heterocycles. The number of likely N-dealkylation sites (N-methyl/N-ethyl adjacent to an activating group) is 1. The first-order valence-electron chi connectivity index (χ1n) is 6.66. The Bertz CT molecular complexity index is 171. The summed E-state index contributed by atoms with van der Waals surface area (Å²) in [5.74, 6) is 0.235. The third-order valence-electron chi connectivity index (χ3n) is 2.88. The van der Waals surface area contributed by atoms with Crippen LogP contribution in [0.15, 0.2) is 0 Å². The Kier molecular flexibility index (Phi) is 10.5. The van der Waals surface area contributed by atoms with E-state index in [4.69, 9.17) is 5.73 Å². The third-order valence-corrected chi connectivity index (χ3v) is 2.88. The molecule has 0 fully saturated rings. The topological polar surface area (TPSA) is 46.3 Å². The highest BCUT2D eigenvalue weighted by atomic mass is 16.2. The van der Waals surface area contributed by atoms with Gasteiger partial charge in [-0.2, -0.15) is 0 Å². The van der Waals surface area contributed by atoms with E-state index in [1.54, 1.807) is 4.90 Å². The van der Waals surface area contributed by atoms with Crippen LogP contribution in [0.3, 0.4) is 0 Å². The van der Waals surface area contributed by atoms with Gasteiger partial charge in [0.25, 0.3) is 0 Å². The number of unbranched alkanes of at least 4 members (excludes halogenated alkanes) is 6. The fourth-order valence-corrected chi connectivity index (χ4v) is 1.74. The van der Waals surface area contributed by atoms with E-state index in [1.165, 1.54) is 38.5 Å². The minimum atomic E-state index is 0.235. The molecule has 0 aromatic carbocycles. The molecule has 16 heavy (non-hydrogen) atoms. The van der Waals surface area contributed by atoms with E-state index in [0.717, 1.165) is 6.42 Å². The SMILES string of the molecule is CCCCCCCCCC(=O)N(C)CCN. The molecular weight excluding hydrogens is 200 g/mol. The number of nitrogens with two attached hydrogens (primary N) is 1. The van der Waals surface area contributed by atoms with Gasteiger partial charge >= 0.3 is 0 Å². The van der Waals surface area contributed by atoms with Crippen molar-refractivity contribution in [2.75, 3.05) is 20.1 Å². The Hall–Kier alpha value is -0.570. The molecule has 0 atom stereocenters. The highest BCUT2D eigenvalue weighted by molar-refractivity contribution is 5.75. The van der Waals surface area contributed by atoms with E-state index >= 15 is 0 Å². The summed E-state index contributed by atoms with van der Waals surface area (Å²) in [4.78, 5) is 13.3. The van der Waals surface area contributed by atoms with Crippen molar-refractivity contribution in [2.24, 2.45) is 5.73 Å². The van der Waals surface area contributed by atoms with Crippen molar-refractivity contribution in [1.82, 2.24) is 4.90 Å². The van der Waals surface area contributed by atoms with Crippen LogP contribution in [0.5, 0.6) is 0 Å². The van der Waals surface area contributed by atoms with E-state index in [0.29, 0.717) is 19.5 Å². The Labute approximate surface area is 100 Å². The zero-order chi connectivity index (χ0) is 12.2. The van der Waals surface area contributed by atoms with Crippen LogP contribution in [0.1, 0.15) is 58.3 Å². The second-order valence-electron chi connectivity index (χ2n) is 4.48. The number of carbonyl (C=O) groups is 1. The molecule has 0 spiro atoms. The van der Waals surface area contributed by atoms with E-state index in [2.05, 4.69) is 6.92 Å². The maximum absolute atomic E-state index is 11.5. The van der Waals surface area contributed by atoms with E-state index in [-0.39, 0.29) is 5.91 Å². The zero-order valence-corrected chi connectivity index (χ0v) is 11.0. The smallest absolute Gasteiger partial charge is 0.222 e. The molecular formula is C13H28N2O. The number of hydrogen-bond acceptors (Lipinski definition) is 2. The van der Waals surface area contributed by atoms with Crippen molar-refractivity contribution < 1.29 is 4.79 Å². The highest BCUT2D eigenvalue weighted by Gasteiger charge is 2.06. The van der Waals surface area contributed by atoms with Gasteiger partial charge in [0.2, 0.25) is 5.91 Å². The van der Waals surface area contributed by atoms with Crippen molar-refractivity contribution >= 4 is 5.91 Å². The minimum absolute atomic E-state index is 0.235.